The lowest BCUT2D eigenvalue weighted by Crippen LogP contribution is -2.29. The van der Waals surface area contributed by atoms with Crippen LogP contribution in [-0.4, -0.2) is 38.9 Å². The van der Waals surface area contributed by atoms with Crippen LogP contribution in [0.15, 0.2) is 53.4 Å². The smallest absolute Gasteiger partial charge is 0.252 e. The van der Waals surface area contributed by atoms with Gasteiger partial charge in [-0.15, -0.1) is 0 Å². The summed E-state index contributed by atoms with van der Waals surface area (Å²) in [6, 6.07) is 9.12. The molecule has 9 heteroatoms. The number of hydrogen-bond donors (Lipinski definition) is 3. The molecule has 0 aliphatic rings. The van der Waals surface area contributed by atoms with E-state index in [1.54, 1.807) is 24.5 Å². The number of carbonyl (C=O) groups is 1. The van der Waals surface area contributed by atoms with Crippen LogP contribution in [-0.2, 0) is 0 Å². The van der Waals surface area contributed by atoms with Crippen molar-refractivity contribution in [3.05, 3.63) is 64.8 Å². The predicted molar refractivity (Wildman–Crippen MR) is 107 cm³/mol. The molecule has 8 nitrogen and oxygen atoms in total. The SMILES string of the molecule is Cc1nc(NCCNC(=O)c2cncc(Br)c2)cc(Nc2ccccn2)n1. The van der Waals surface area contributed by atoms with Crippen molar-refractivity contribution in [2.24, 2.45) is 0 Å². The maximum absolute atomic E-state index is 12.1. The highest BCUT2D eigenvalue weighted by Crippen LogP contribution is 2.15. The summed E-state index contributed by atoms with van der Waals surface area (Å²) >= 11 is 3.30. The summed E-state index contributed by atoms with van der Waals surface area (Å²) in [5, 5.41) is 9.15. The van der Waals surface area contributed by atoms with Gasteiger partial charge in [0.25, 0.3) is 5.91 Å². The molecule has 0 bridgehead atoms. The maximum atomic E-state index is 12.1. The van der Waals surface area contributed by atoms with Gasteiger partial charge >= 0.3 is 0 Å². The Morgan fingerprint density at radius 3 is 2.70 bits per heavy atom. The van der Waals surface area contributed by atoms with Crippen LogP contribution in [0.3, 0.4) is 0 Å². The first-order chi connectivity index (χ1) is 13.1. The Hall–Kier alpha value is -3.07. The minimum Gasteiger partial charge on any atom is -0.368 e. The number of pyridine rings is 2. The zero-order chi connectivity index (χ0) is 19.1. The number of rotatable bonds is 7. The molecular formula is C18H18BrN7O. The summed E-state index contributed by atoms with van der Waals surface area (Å²) in [6.45, 7) is 2.78. The Labute approximate surface area is 165 Å². The van der Waals surface area contributed by atoms with E-state index in [2.05, 4.69) is 51.8 Å². The number of nitrogens with zero attached hydrogens (tertiary/aromatic N) is 4. The maximum Gasteiger partial charge on any atom is 0.252 e. The second kappa shape index (κ2) is 9.04. The molecule has 0 aliphatic heterocycles. The van der Waals surface area contributed by atoms with Crippen LogP contribution in [0.4, 0.5) is 17.5 Å². The topological polar surface area (TPSA) is 105 Å². The summed E-state index contributed by atoms with van der Waals surface area (Å²) in [4.78, 5) is 29.0. The molecule has 0 radical (unpaired) electrons. The van der Waals surface area contributed by atoms with Gasteiger partial charge in [-0.25, -0.2) is 15.0 Å². The first kappa shape index (κ1) is 18.7. The zero-order valence-corrected chi connectivity index (χ0v) is 16.2. The molecule has 3 rings (SSSR count). The number of halogens is 1. The van der Waals surface area contributed by atoms with E-state index >= 15 is 0 Å². The minimum absolute atomic E-state index is 0.179. The van der Waals surface area contributed by atoms with Crippen molar-refractivity contribution in [1.29, 1.82) is 0 Å². The first-order valence-corrected chi connectivity index (χ1v) is 9.06. The third kappa shape index (κ3) is 5.71. The molecule has 3 aromatic rings. The van der Waals surface area contributed by atoms with E-state index in [-0.39, 0.29) is 5.91 Å². The van der Waals surface area contributed by atoms with Crippen LogP contribution < -0.4 is 16.0 Å². The molecule has 138 valence electrons. The molecule has 3 heterocycles. The van der Waals surface area contributed by atoms with Gasteiger partial charge in [0.15, 0.2) is 0 Å². The average Bonchev–Trinajstić information content (AvgIpc) is 2.65. The molecule has 0 saturated carbocycles. The summed E-state index contributed by atoms with van der Waals surface area (Å²) in [5.74, 6) is 2.47. The number of nitrogens with one attached hydrogen (secondary N) is 3. The Balaban J connectivity index is 1.53. The number of anilines is 3. The summed E-state index contributed by atoms with van der Waals surface area (Å²) < 4.78 is 0.762. The van der Waals surface area contributed by atoms with E-state index in [1.807, 2.05) is 25.1 Å². The van der Waals surface area contributed by atoms with Crippen molar-refractivity contribution in [3.8, 4) is 0 Å². The van der Waals surface area contributed by atoms with E-state index in [9.17, 15) is 4.79 Å². The Bertz CT molecular complexity index is 921. The standard InChI is InChI=1S/C18H18BrN7O/c1-12-24-16(9-17(25-12)26-15-4-2-3-5-21-15)22-6-7-23-18(27)13-8-14(19)11-20-10-13/h2-5,8-11H,6-7H2,1H3,(H,23,27)(H2,21,22,24,25,26). The molecule has 3 N–H and O–H groups in total. The molecule has 0 spiro atoms. The molecule has 0 aromatic carbocycles. The van der Waals surface area contributed by atoms with E-state index in [4.69, 9.17) is 0 Å². The van der Waals surface area contributed by atoms with Crippen molar-refractivity contribution >= 4 is 39.3 Å². The van der Waals surface area contributed by atoms with Gasteiger partial charge in [0.05, 0.1) is 5.56 Å². The van der Waals surface area contributed by atoms with E-state index in [0.717, 1.165) is 4.47 Å². The van der Waals surface area contributed by atoms with Gasteiger partial charge in [0.2, 0.25) is 0 Å². The van der Waals surface area contributed by atoms with Crippen LogP contribution in [0, 0.1) is 6.92 Å². The van der Waals surface area contributed by atoms with Gasteiger partial charge < -0.3 is 16.0 Å². The summed E-state index contributed by atoms with van der Waals surface area (Å²) in [6.07, 6.45) is 4.86. The van der Waals surface area contributed by atoms with Crippen molar-refractivity contribution < 1.29 is 4.79 Å². The third-order valence-electron chi connectivity index (χ3n) is 3.44. The lowest BCUT2D eigenvalue weighted by molar-refractivity contribution is 0.0954. The largest absolute Gasteiger partial charge is 0.368 e. The van der Waals surface area contributed by atoms with Crippen LogP contribution in [0.25, 0.3) is 0 Å². The number of carbonyl (C=O) groups excluding carboxylic acids is 1. The minimum atomic E-state index is -0.179. The fourth-order valence-corrected chi connectivity index (χ4v) is 2.66. The van der Waals surface area contributed by atoms with E-state index < -0.39 is 0 Å². The van der Waals surface area contributed by atoms with Gasteiger partial charge in [0.1, 0.15) is 23.3 Å². The molecule has 0 aliphatic carbocycles. The monoisotopic (exact) mass is 427 g/mol. The zero-order valence-electron chi connectivity index (χ0n) is 14.6. The molecular weight excluding hydrogens is 410 g/mol. The molecule has 0 saturated heterocycles. The van der Waals surface area contributed by atoms with E-state index in [0.29, 0.717) is 41.9 Å². The fourth-order valence-electron chi connectivity index (χ4n) is 2.29. The van der Waals surface area contributed by atoms with Crippen LogP contribution >= 0.6 is 15.9 Å². The van der Waals surface area contributed by atoms with Gasteiger partial charge in [-0.05, 0) is 41.1 Å². The van der Waals surface area contributed by atoms with Crippen molar-refractivity contribution in [3.63, 3.8) is 0 Å². The number of hydrogen-bond acceptors (Lipinski definition) is 7. The normalized spacial score (nSPS) is 10.3. The lowest BCUT2D eigenvalue weighted by atomic mass is 10.3. The van der Waals surface area contributed by atoms with Gasteiger partial charge in [-0.1, -0.05) is 6.07 Å². The average molecular weight is 428 g/mol. The van der Waals surface area contributed by atoms with E-state index in [1.165, 1.54) is 6.20 Å². The number of aromatic nitrogens is 4. The second-order valence-corrected chi connectivity index (χ2v) is 6.52. The van der Waals surface area contributed by atoms with Gasteiger partial charge in [0, 0.05) is 42.2 Å². The van der Waals surface area contributed by atoms with Gasteiger partial charge in [-0.2, -0.15) is 0 Å². The molecule has 1 amide bonds. The van der Waals surface area contributed by atoms with Crippen molar-refractivity contribution in [1.82, 2.24) is 25.3 Å². The molecule has 3 aromatic heterocycles. The molecule has 0 fully saturated rings. The van der Waals surface area contributed by atoms with Crippen molar-refractivity contribution in [2.45, 2.75) is 6.92 Å². The highest BCUT2D eigenvalue weighted by Gasteiger charge is 2.06. The van der Waals surface area contributed by atoms with Crippen LogP contribution in [0.1, 0.15) is 16.2 Å². The highest BCUT2D eigenvalue weighted by atomic mass is 79.9. The third-order valence-corrected chi connectivity index (χ3v) is 3.88. The summed E-state index contributed by atoms with van der Waals surface area (Å²) in [7, 11) is 0. The molecule has 27 heavy (non-hydrogen) atoms. The van der Waals surface area contributed by atoms with Crippen LogP contribution in [0.5, 0.6) is 0 Å². The Morgan fingerprint density at radius 2 is 1.93 bits per heavy atom. The van der Waals surface area contributed by atoms with Crippen molar-refractivity contribution in [2.75, 3.05) is 23.7 Å². The number of amides is 1. The quantitative estimate of drug-likeness (QED) is 0.497. The summed E-state index contributed by atoms with van der Waals surface area (Å²) in [5.41, 5.74) is 0.504. The highest BCUT2D eigenvalue weighted by molar-refractivity contribution is 9.10. The second-order valence-electron chi connectivity index (χ2n) is 5.60. The number of aryl methyl sites for hydroxylation is 1. The first-order valence-electron chi connectivity index (χ1n) is 8.26. The Kier molecular flexibility index (Phi) is 6.26. The van der Waals surface area contributed by atoms with Crippen LogP contribution in [0.2, 0.25) is 0 Å². The molecule has 0 atom stereocenters. The fraction of sp³-hybridized carbons (Fsp3) is 0.167. The Morgan fingerprint density at radius 1 is 1.07 bits per heavy atom. The van der Waals surface area contributed by atoms with Gasteiger partial charge in [-0.3, -0.25) is 9.78 Å². The predicted octanol–water partition coefficient (Wildman–Crippen LogP) is 2.92. The molecule has 0 unspecified atom stereocenters. The lowest BCUT2D eigenvalue weighted by Gasteiger charge is -2.10.